The van der Waals surface area contributed by atoms with Crippen molar-refractivity contribution < 1.29 is 4.79 Å². The first-order chi connectivity index (χ1) is 8.49. The first kappa shape index (κ1) is 12.4. The molecule has 0 radical (unpaired) electrons. The van der Waals surface area contributed by atoms with E-state index in [1.165, 1.54) is 0 Å². The van der Waals surface area contributed by atoms with Gasteiger partial charge in [0.1, 0.15) is 5.82 Å². The highest BCUT2D eigenvalue weighted by atomic mass is 16.1. The molecule has 0 fully saturated rings. The van der Waals surface area contributed by atoms with Gasteiger partial charge in [-0.3, -0.25) is 4.79 Å². The van der Waals surface area contributed by atoms with Crippen LogP contribution in [0, 0.1) is 13.8 Å². The van der Waals surface area contributed by atoms with E-state index in [0.717, 1.165) is 17.2 Å². The molecule has 0 aliphatic heterocycles. The quantitative estimate of drug-likeness (QED) is 0.868. The summed E-state index contributed by atoms with van der Waals surface area (Å²) in [5.74, 6) is 0.698. The number of hydrogen-bond acceptors (Lipinski definition) is 2. The van der Waals surface area contributed by atoms with Gasteiger partial charge in [0.15, 0.2) is 0 Å². The van der Waals surface area contributed by atoms with Gasteiger partial charge in [-0.25, -0.2) is 4.98 Å². The van der Waals surface area contributed by atoms with Crippen molar-refractivity contribution in [1.82, 2.24) is 19.9 Å². The molecule has 2 rings (SSSR count). The van der Waals surface area contributed by atoms with E-state index in [0.29, 0.717) is 5.56 Å². The van der Waals surface area contributed by atoms with Gasteiger partial charge in [-0.1, -0.05) is 0 Å². The van der Waals surface area contributed by atoms with E-state index in [-0.39, 0.29) is 11.9 Å². The number of aryl methyl sites for hydroxylation is 2. The maximum Gasteiger partial charge on any atom is 0.253 e. The number of H-pyrrole nitrogens is 1. The minimum atomic E-state index is -0.134. The number of nitrogens with zero attached hydrogens (tertiary/aromatic N) is 2. The van der Waals surface area contributed by atoms with Gasteiger partial charge in [0.2, 0.25) is 0 Å². The standard InChI is InChI=1S/C13H18N4O/c1-8-7-14-12(15-8)9(2)16-13(18)11-5-6-17(4)10(11)3/h5-7,9H,1-4H3,(H,14,15)(H,16,18). The van der Waals surface area contributed by atoms with E-state index in [2.05, 4.69) is 15.3 Å². The second kappa shape index (κ2) is 4.68. The molecule has 0 saturated heterocycles. The molecule has 0 aromatic carbocycles. The van der Waals surface area contributed by atoms with Crippen LogP contribution >= 0.6 is 0 Å². The van der Waals surface area contributed by atoms with Gasteiger partial charge in [-0.2, -0.15) is 0 Å². The van der Waals surface area contributed by atoms with Crippen molar-refractivity contribution >= 4 is 5.91 Å². The van der Waals surface area contributed by atoms with Crippen molar-refractivity contribution in [3.05, 3.63) is 41.2 Å². The number of hydrogen-bond donors (Lipinski definition) is 2. The third-order valence-corrected chi connectivity index (χ3v) is 3.11. The Balaban J connectivity index is 2.10. The van der Waals surface area contributed by atoms with Crippen LogP contribution in [0.15, 0.2) is 18.5 Å². The Kier molecular flexibility index (Phi) is 3.23. The summed E-state index contributed by atoms with van der Waals surface area (Å²) in [6, 6.07) is 1.69. The summed E-state index contributed by atoms with van der Waals surface area (Å²) < 4.78 is 1.93. The molecule has 0 bridgehead atoms. The fraction of sp³-hybridized carbons (Fsp3) is 0.385. The zero-order chi connectivity index (χ0) is 13.3. The first-order valence-corrected chi connectivity index (χ1v) is 5.93. The van der Waals surface area contributed by atoms with Crippen LogP contribution in [0.3, 0.4) is 0 Å². The van der Waals surface area contributed by atoms with Crippen molar-refractivity contribution in [2.24, 2.45) is 7.05 Å². The topological polar surface area (TPSA) is 62.7 Å². The molecule has 2 aromatic heterocycles. The summed E-state index contributed by atoms with van der Waals surface area (Å²) in [7, 11) is 1.92. The molecule has 2 aromatic rings. The van der Waals surface area contributed by atoms with Crippen molar-refractivity contribution in [2.45, 2.75) is 26.8 Å². The third kappa shape index (κ3) is 2.30. The van der Waals surface area contributed by atoms with Crippen molar-refractivity contribution in [3.8, 4) is 0 Å². The van der Waals surface area contributed by atoms with Gasteiger partial charge in [0.25, 0.3) is 5.91 Å². The number of carbonyl (C=O) groups is 1. The summed E-state index contributed by atoms with van der Waals surface area (Å²) >= 11 is 0. The van der Waals surface area contributed by atoms with Crippen LogP contribution in [-0.4, -0.2) is 20.4 Å². The molecule has 0 aliphatic rings. The number of aromatic amines is 1. The fourth-order valence-corrected chi connectivity index (χ4v) is 1.84. The zero-order valence-corrected chi connectivity index (χ0v) is 11.1. The van der Waals surface area contributed by atoms with Crippen LogP contribution in [0.25, 0.3) is 0 Å². The Morgan fingerprint density at radius 3 is 2.72 bits per heavy atom. The monoisotopic (exact) mass is 246 g/mol. The van der Waals surface area contributed by atoms with Gasteiger partial charge in [0.05, 0.1) is 11.6 Å². The van der Waals surface area contributed by atoms with E-state index in [9.17, 15) is 4.79 Å². The molecular formula is C13H18N4O. The predicted octanol–water partition coefficient (Wildman–Crippen LogP) is 1.86. The lowest BCUT2D eigenvalue weighted by atomic mass is 10.2. The molecular weight excluding hydrogens is 228 g/mol. The Hall–Kier alpha value is -2.04. The molecule has 2 heterocycles. The zero-order valence-electron chi connectivity index (χ0n) is 11.1. The summed E-state index contributed by atoms with van der Waals surface area (Å²) in [6.45, 7) is 5.78. The summed E-state index contributed by atoms with van der Waals surface area (Å²) in [5, 5.41) is 2.93. The molecule has 5 nitrogen and oxygen atoms in total. The van der Waals surface area contributed by atoms with Crippen LogP contribution in [0.4, 0.5) is 0 Å². The number of amides is 1. The molecule has 18 heavy (non-hydrogen) atoms. The Morgan fingerprint density at radius 2 is 2.22 bits per heavy atom. The lowest BCUT2D eigenvalue weighted by molar-refractivity contribution is 0.0937. The van der Waals surface area contributed by atoms with Gasteiger partial charge in [0, 0.05) is 30.8 Å². The van der Waals surface area contributed by atoms with Gasteiger partial charge in [-0.05, 0) is 26.8 Å². The van der Waals surface area contributed by atoms with Crippen LogP contribution < -0.4 is 5.32 Å². The molecule has 2 N–H and O–H groups in total. The van der Waals surface area contributed by atoms with E-state index in [4.69, 9.17) is 0 Å². The largest absolute Gasteiger partial charge is 0.354 e. The van der Waals surface area contributed by atoms with Crippen molar-refractivity contribution in [2.75, 3.05) is 0 Å². The minimum Gasteiger partial charge on any atom is -0.354 e. The van der Waals surface area contributed by atoms with E-state index in [1.54, 1.807) is 6.20 Å². The first-order valence-electron chi connectivity index (χ1n) is 5.93. The van der Waals surface area contributed by atoms with Crippen molar-refractivity contribution in [1.29, 1.82) is 0 Å². The van der Waals surface area contributed by atoms with E-state index in [1.807, 2.05) is 44.6 Å². The lowest BCUT2D eigenvalue weighted by Gasteiger charge is -2.11. The molecule has 1 atom stereocenters. The molecule has 0 spiro atoms. The minimum absolute atomic E-state index is 0.0744. The predicted molar refractivity (Wildman–Crippen MR) is 69.4 cm³/mol. The normalized spacial score (nSPS) is 12.4. The molecule has 0 aliphatic carbocycles. The Bertz CT molecular complexity index is 567. The average Bonchev–Trinajstić information content (AvgIpc) is 2.87. The number of carbonyl (C=O) groups excluding carboxylic acids is 1. The second-order valence-corrected chi connectivity index (χ2v) is 4.57. The number of rotatable bonds is 3. The lowest BCUT2D eigenvalue weighted by Crippen LogP contribution is -2.27. The fourth-order valence-electron chi connectivity index (χ4n) is 1.84. The van der Waals surface area contributed by atoms with Gasteiger partial charge >= 0.3 is 0 Å². The van der Waals surface area contributed by atoms with Crippen molar-refractivity contribution in [3.63, 3.8) is 0 Å². The van der Waals surface area contributed by atoms with Crippen LogP contribution in [0.5, 0.6) is 0 Å². The molecule has 1 unspecified atom stereocenters. The third-order valence-electron chi connectivity index (χ3n) is 3.11. The molecule has 96 valence electrons. The van der Waals surface area contributed by atoms with Crippen LogP contribution in [0.2, 0.25) is 0 Å². The SMILES string of the molecule is Cc1cnc(C(C)NC(=O)c2ccn(C)c2C)[nH]1. The second-order valence-electron chi connectivity index (χ2n) is 4.57. The number of nitrogens with one attached hydrogen (secondary N) is 2. The highest BCUT2D eigenvalue weighted by Gasteiger charge is 2.16. The van der Waals surface area contributed by atoms with Crippen LogP contribution in [0.1, 0.15) is 40.5 Å². The van der Waals surface area contributed by atoms with E-state index >= 15 is 0 Å². The molecule has 0 saturated carbocycles. The number of aromatic nitrogens is 3. The molecule has 5 heteroatoms. The van der Waals surface area contributed by atoms with Gasteiger partial charge in [-0.15, -0.1) is 0 Å². The van der Waals surface area contributed by atoms with Crippen LogP contribution in [-0.2, 0) is 7.05 Å². The Labute approximate surface area is 106 Å². The highest BCUT2D eigenvalue weighted by molar-refractivity contribution is 5.95. The van der Waals surface area contributed by atoms with E-state index < -0.39 is 0 Å². The smallest absolute Gasteiger partial charge is 0.253 e. The number of imidazole rings is 1. The average molecular weight is 246 g/mol. The highest BCUT2D eigenvalue weighted by Crippen LogP contribution is 2.12. The Morgan fingerprint density at radius 1 is 1.50 bits per heavy atom. The molecule has 1 amide bonds. The summed E-state index contributed by atoms with van der Waals surface area (Å²) in [5.41, 5.74) is 2.64. The summed E-state index contributed by atoms with van der Waals surface area (Å²) in [4.78, 5) is 19.4. The maximum absolute atomic E-state index is 12.1. The summed E-state index contributed by atoms with van der Waals surface area (Å²) in [6.07, 6.45) is 3.64. The maximum atomic E-state index is 12.1. The van der Waals surface area contributed by atoms with Gasteiger partial charge < -0.3 is 14.9 Å².